The zero-order chi connectivity index (χ0) is 24.7. The maximum absolute atomic E-state index is 15.4. The number of nitrogens with zero attached hydrogens (tertiary/aromatic N) is 5. The summed E-state index contributed by atoms with van der Waals surface area (Å²) < 4.78 is 45.3. The molecule has 4 aromatic rings. The number of imidazole rings is 2. The van der Waals surface area contributed by atoms with Crippen molar-refractivity contribution in [3.63, 3.8) is 0 Å². The molecule has 8 nitrogen and oxygen atoms in total. The van der Waals surface area contributed by atoms with Gasteiger partial charge in [-0.15, -0.1) is 0 Å². The van der Waals surface area contributed by atoms with E-state index in [1.54, 1.807) is 4.57 Å². The Morgan fingerprint density at radius 1 is 1.26 bits per heavy atom. The number of rotatable bonds is 7. The molecule has 0 bridgehead atoms. The van der Waals surface area contributed by atoms with Crippen molar-refractivity contribution >= 4 is 24.9 Å². The number of hydrogen-bond donors (Lipinski definition) is 0. The molecule has 1 atom stereocenters. The molecule has 0 aliphatic carbocycles. The Labute approximate surface area is 202 Å². The predicted molar refractivity (Wildman–Crippen MR) is 131 cm³/mol. The quantitative estimate of drug-likeness (QED) is 0.276. The van der Waals surface area contributed by atoms with Gasteiger partial charge in [0.2, 0.25) is 0 Å². The van der Waals surface area contributed by atoms with E-state index in [0.717, 1.165) is 18.9 Å². The Morgan fingerprint density at radius 3 is 2.83 bits per heavy atom. The zero-order valence-corrected chi connectivity index (χ0v) is 21.1. The van der Waals surface area contributed by atoms with E-state index in [4.69, 9.17) is 9.47 Å². The van der Waals surface area contributed by atoms with E-state index in [9.17, 15) is 9.18 Å². The number of pyridine rings is 2. The summed E-state index contributed by atoms with van der Waals surface area (Å²) in [5.41, 5.74) is 1.16. The van der Waals surface area contributed by atoms with E-state index in [1.807, 2.05) is 0 Å². The first kappa shape index (κ1) is 23.8. The second-order valence-electron chi connectivity index (χ2n) is 10.2. The molecule has 1 aliphatic rings. The summed E-state index contributed by atoms with van der Waals surface area (Å²) in [4.78, 5) is 22.4. The lowest BCUT2D eigenvalue weighted by Crippen LogP contribution is -2.32. The second-order valence-corrected chi connectivity index (χ2v) is 15.8. The highest BCUT2D eigenvalue weighted by Gasteiger charge is 2.26. The third-order valence-electron chi connectivity index (χ3n) is 6.32. The van der Waals surface area contributed by atoms with Crippen LogP contribution in [0.25, 0.3) is 28.2 Å². The molecule has 0 spiro atoms. The SMILES string of the molecule is C[Si](C)(C)CCOCn1c(=O)n(C2CCCOC2)c2nc(-c3cnc4ccc(F)cn34)c(F)cc21. The summed E-state index contributed by atoms with van der Waals surface area (Å²) in [6.45, 7) is 8.33. The molecule has 0 amide bonds. The van der Waals surface area contributed by atoms with Crippen LogP contribution in [0, 0.1) is 11.6 Å². The van der Waals surface area contributed by atoms with Crippen molar-refractivity contribution in [1.29, 1.82) is 0 Å². The zero-order valence-electron chi connectivity index (χ0n) is 20.1. The third-order valence-corrected chi connectivity index (χ3v) is 8.03. The molecule has 1 fully saturated rings. The average Bonchev–Trinajstić information content (AvgIpc) is 3.34. The van der Waals surface area contributed by atoms with Gasteiger partial charge < -0.3 is 9.47 Å². The molecule has 1 unspecified atom stereocenters. The van der Waals surface area contributed by atoms with E-state index in [0.29, 0.717) is 42.3 Å². The Kier molecular flexibility index (Phi) is 6.32. The Balaban J connectivity index is 1.62. The van der Waals surface area contributed by atoms with Crippen LogP contribution in [0.15, 0.2) is 35.4 Å². The van der Waals surface area contributed by atoms with Crippen LogP contribution < -0.4 is 5.69 Å². The first-order valence-electron chi connectivity index (χ1n) is 11.8. The maximum Gasteiger partial charge on any atom is 0.332 e. The molecular weight excluding hydrogens is 472 g/mol. The molecule has 35 heavy (non-hydrogen) atoms. The van der Waals surface area contributed by atoms with Gasteiger partial charge in [0.1, 0.15) is 23.9 Å². The molecule has 1 aliphatic heterocycles. The fourth-order valence-electron chi connectivity index (χ4n) is 4.39. The third kappa shape index (κ3) is 4.67. The predicted octanol–water partition coefficient (Wildman–Crippen LogP) is 4.45. The van der Waals surface area contributed by atoms with E-state index >= 15 is 4.39 Å². The van der Waals surface area contributed by atoms with Crippen LogP contribution in [0.4, 0.5) is 8.78 Å². The summed E-state index contributed by atoms with van der Waals surface area (Å²) in [6, 6.07) is 4.85. The van der Waals surface area contributed by atoms with Crippen molar-refractivity contribution in [3.8, 4) is 11.4 Å². The fourth-order valence-corrected chi connectivity index (χ4v) is 5.15. The van der Waals surface area contributed by atoms with Gasteiger partial charge in [0.15, 0.2) is 11.5 Å². The Hall–Kier alpha value is -2.89. The summed E-state index contributed by atoms with van der Waals surface area (Å²) in [5, 5.41) is 0. The van der Waals surface area contributed by atoms with Gasteiger partial charge in [0, 0.05) is 33.6 Å². The molecule has 1 saturated heterocycles. The van der Waals surface area contributed by atoms with E-state index < -0.39 is 19.7 Å². The minimum Gasteiger partial charge on any atom is -0.379 e. The van der Waals surface area contributed by atoms with Crippen molar-refractivity contribution in [2.45, 2.75) is 51.3 Å². The van der Waals surface area contributed by atoms with Crippen molar-refractivity contribution in [2.24, 2.45) is 0 Å². The summed E-state index contributed by atoms with van der Waals surface area (Å²) in [6.07, 6.45) is 4.26. The summed E-state index contributed by atoms with van der Waals surface area (Å²) in [5.74, 6) is -1.10. The molecule has 0 saturated carbocycles. The van der Waals surface area contributed by atoms with Crippen LogP contribution in [0.3, 0.4) is 0 Å². The van der Waals surface area contributed by atoms with Gasteiger partial charge >= 0.3 is 5.69 Å². The highest BCUT2D eigenvalue weighted by molar-refractivity contribution is 6.76. The van der Waals surface area contributed by atoms with Crippen molar-refractivity contribution in [2.75, 3.05) is 19.8 Å². The topological polar surface area (TPSA) is 75.6 Å². The first-order chi connectivity index (χ1) is 16.7. The molecule has 0 N–H and O–H groups in total. The molecular formula is C24H29F2N5O3Si. The van der Waals surface area contributed by atoms with Gasteiger partial charge in [-0.3, -0.25) is 13.5 Å². The van der Waals surface area contributed by atoms with Crippen LogP contribution in [0.1, 0.15) is 18.9 Å². The summed E-state index contributed by atoms with van der Waals surface area (Å²) >= 11 is 0. The minimum atomic E-state index is -1.30. The lowest BCUT2D eigenvalue weighted by molar-refractivity contribution is 0.0568. The van der Waals surface area contributed by atoms with Gasteiger partial charge in [-0.05, 0) is 31.0 Å². The molecule has 186 valence electrons. The number of aromatic nitrogens is 5. The smallest absolute Gasteiger partial charge is 0.332 e. The standard InChI is InChI=1S/C24H29F2N5O3Si/c1-35(2,3)10-9-34-15-30-19-11-18(26)22(20-12-27-21-7-6-16(25)13-29(20)21)28-23(19)31(24(30)32)17-5-4-8-33-14-17/h6-7,11-13,17H,4-5,8-10,14-15H2,1-3H3. The second kappa shape index (κ2) is 9.28. The largest absolute Gasteiger partial charge is 0.379 e. The monoisotopic (exact) mass is 501 g/mol. The van der Waals surface area contributed by atoms with Crippen molar-refractivity contribution < 1.29 is 18.3 Å². The Bertz CT molecular complexity index is 1430. The van der Waals surface area contributed by atoms with Crippen LogP contribution >= 0.6 is 0 Å². The fraction of sp³-hybridized carbons (Fsp3) is 0.458. The number of halogens is 2. The number of hydrogen-bond acceptors (Lipinski definition) is 5. The van der Waals surface area contributed by atoms with Crippen molar-refractivity contribution in [1.82, 2.24) is 23.5 Å². The first-order valence-corrected chi connectivity index (χ1v) is 15.5. The Morgan fingerprint density at radius 2 is 2.09 bits per heavy atom. The molecule has 4 aromatic heterocycles. The van der Waals surface area contributed by atoms with E-state index in [-0.39, 0.29) is 24.2 Å². The van der Waals surface area contributed by atoms with Gasteiger partial charge in [0.25, 0.3) is 0 Å². The average molecular weight is 502 g/mol. The van der Waals surface area contributed by atoms with Gasteiger partial charge in [-0.25, -0.2) is 23.5 Å². The van der Waals surface area contributed by atoms with Crippen LogP contribution in [-0.2, 0) is 16.2 Å². The van der Waals surface area contributed by atoms with E-state index in [2.05, 4.69) is 29.6 Å². The van der Waals surface area contributed by atoms with Gasteiger partial charge in [-0.1, -0.05) is 19.6 Å². The van der Waals surface area contributed by atoms with Crippen LogP contribution in [0.2, 0.25) is 25.7 Å². The molecule has 0 aromatic carbocycles. The highest BCUT2D eigenvalue weighted by Crippen LogP contribution is 2.28. The van der Waals surface area contributed by atoms with Crippen LogP contribution in [-0.4, -0.2) is 51.4 Å². The molecule has 11 heteroatoms. The molecule has 0 radical (unpaired) electrons. The lowest BCUT2D eigenvalue weighted by Gasteiger charge is -2.23. The summed E-state index contributed by atoms with van der Waals surface area (Å²) in [7, 11) is -1.30. The van der Waals surface area contributed by atoms with Crippen LogP contribution in [0.5, 0.6) is 0 Å². The van der Waals surface area contributed by atoms with Gasteiger partial charge in [-0.2, -0.15) is 0 Å². The maximum atomic E-state index is 15.4. The van der Waals surface area contributed by atoms with Gasteiger partial charge in [0.05, 0.1) is 30.1 Å². The van der Waals surface area contributed by atoms with Crippen molar-refractivity contribution in [3.05, 3.63) is 52.7 Å². The highest BCUT2D eigenvalue weighted by atomic mass is 28.3. The lowest BCUT2D eigenvalue weighted by atomic mass is 10.1. The molecule has 5 rings (SSSR count). The number of ether oxygens (including phenoxy) is 2. The van der Waals surface area contributed by atoms with E-state index in [1.165, 1.54) is 39.6 Å². The molecule has 5 heterocycles. The number of fused-ring (bicyclic) bond motifs is 2. The minimum absolute atomic E-state index is 0.00196. The normalized spacial score (nSPS) is 17.0.